The van der Waals surface area contributed by atoms with Gasteiger partial charge in [0, 0.05) is 0 Å². The second-order valence-electron chi connectivity index (χ2n) is 4.44. The molecule has 0 aliphatic heterocycles. The first-order valence-electron chi connectivity index (χ1n) is 6.03. The maximum atomic E-state index is 3.88. The van der Waals surface area contributed by atoms with E-state index in [4.69, 9.17) is 0 Å². The topological polar surface area (TPSA) is 0 Å². The third-order valence-electron chi connectivity index (χ3n) is 3.35. The largest absolute Gasteiger partial charge is 0.0985 e. The van der Waals surface area contributed by atoms with Gasteiger partial charge in [-0.3, -0.25) is 0 Å². The van der Waals surface area contributed by atoms with Crippen LogP contribution in [-0.4, -0.2) is 0 Å². The van der Waals surface area contributed by atoms with Crippen LogP contribution in [0.5, 0.6) is 0 Å². The van der Waals surface area contributed by atoms with Crippen LogP contribution in [0.2, 0.25) is 0 Å². The summed E-state index contributed by atoms with van der Waals surface area (Å²) < 4.78 is 0. The van der Waals surface area contributed by atoms with Crippen molar-refractivity contribution in [3.63, 3.8) is 0 Å². The highest BCUT2D eigenvalue weighted by Crippen LogP contribution is 2.27. The molecule has 0 bridgehead atoms. The zero-order valence-corrected chi connectivity index (χ0v) is 10.2. The number of hydrogen-bond acceptors (Lipinski definition) is 0. The molecular formula is C18H14. The van der Waals surface area contributed by atoms with Crippen molar-refractivity contribution >= 4 is 33.7 Å². The van der Waals surface area contributed by atoms with Crippen molar-refractivity contribution in [1.29, 1.82) is 0 Å². The van der Waals surface area contributed by atoms with Gasteiger partial charge in [0.25, 0.3) is 0 Å². The van der Waals surface area contributed by atoms with Gasteiger partial charge in [-0.1, -0.05) is 55.6 Å². The fourth-order valence-electron chi connectivity index (χ4n) is 2.37. The van der Waals surface area contributed by atoms with E-state index in [1.165, 1.54) is 27.1 Å². The van der Waals surface area contributed by atoms with Gasteiger partial charge in [0.05, 0.1) is 0 Å². The number of benzene rings is 3. The van der Waals surface area contributed by atoms with Crippen molar-refractivity contribution in [2.24, 2.45) is 0 Å². The lowest BCUT2D eigenvalue weighted by molar-refractivity contribution is 1.71. The summed E-state index contributed by atoms with van der Waals surface area (Å²) in [5.74, 6) is 0. The van der Waals surface area contributed by atoms with Crippen molar-refractivity contribution in [1.82, 2.24) is 0 Å². The summed E-state index contributed by atoms with van der Waals surface area (Å²) >= 11 is 0. The fraction of sp³-hybridized carbons (Fsp3) is 0. The standard InChI is InChI=1S/C18H14/c1-3-13-8-9-15-11-16-7-5-6-14(4-2)18(16)12-17(15)10-13/h3-12H,1-2H2. The van der Waals surface area contributed by atoms with Crippen molar-refractivity contribution in [3.8, 4) is 0 Å². The molecule has 0 aliphatic carbocycles. The minimum atomic E-state index is 1.15. The van der Waals surface area contributed by atoms with Crippen LogP contribution in [0.4, 0.5) is 0 Å². The van der Waals surface area contributed by atoms with Gasteiger partial charge in [-0.05, 0) is 50.9 Å². The smallest absolute Gasteiger partial charge is 0.0105 e. The zero-order chi connectivity index (χ0) is 12.5. The third-order valence-corrected chi connectivity index (χ3v) is 3.35. The molecule has 0 nitrogen and oxygen atoms in total. The number of fused-ring (bicyclic) bond motifs is 2. The van der Waals surface area contributed by atoms with Crippen LogP contribution in [0, 0.1) is 0 Å². The molecule has 3 aromatic rings. The molecule has 18 heavy (non-hydrogen) atoms. The Labute approximate surface area is 107 Å². The van der Waals surface area contributed by atoms with Crippen LogP contribution in [0.1, 0.15) is 11.1 Å². The van der Waals surface area contributed by atoms with Crippen molar-refractivity contribution < 1.29 is 0 Å². The molecule has 0 unspecified atom stereocenters. The van der Waals surface area contributed by atoms with Crippen LogP contribution in [0.15, 0.2) is 61.7 Å². The first-order chi connectivity index (χ1) is 8.81. The van der Waals surface area contributed by atoms with Gasteiger partial charge in [-0.2, -0.15) is 0 Å². The maximum Gasteiger partial charge on any atom is -0.0105 e. The monoisotopic (exact) mass is 230 g/mol. The normalized spacial score (nSPS) is 10.7. The minimum Gasteiger partial charge on any atom is -0.0985 e. The van der Waals surface area contributed by atoms with Crippen LogP contribution in [0.3, 0.4) is 0 Å². The summed E-state index contributed by atoms with van der Waals surface area (Å²) in [6, 6.07) is 17.2. The molecule has 3 aromatic carbocycles. The predicted octanol–water partition coefficient (Wildman–Crippen LogP) is 5.28. The first kappa shape index (κ1) is 10.8. The van der Waals surface area contributed by atoms with Crippen molar-refractivity contribution in [3.05, 3.63) is 72.8 Å². The summed E-state index contributed by atoms with van der Waals surface area (Å²) in [6.07, 6.45) is 3.79. The van der Waals surface area contributed by atoms with Gasteiger partial charge < -0.3 is 0 Å². The second kappa shape index (κ2) is 4.15. The Morgan fingerprint density at radius 3 is 2.39 bits per heavy atom. The lowest BCUT2D eigenvalue weighted by Crippen LogP contribution is -1.81. The molecule has 0 N–H and O–H groups in total. The SMILES string of the molecule is C=Cc1ccc2cc3cccc(C=C)c3cc2c1. The molecule has 0 heteroatoms. The van der Waals surface area contributed by atoms with Crippen LogP contribution in [-0.2, 0) is 0 Å². The van der Waals surface area contributed by atoms with E-state index in [0.717, 1.165) is 5.56 Å². The van der Waals surface area contributed by atoms with Gasteiger partial charge >= 0.3 is 0 Å². The van der Waals surface area contributed by atoms with E-state index in [-0.39, 0.29) is 0 Å². The zero-order valence-electron chi connectivity index (χ0n) is 10.2. The molecule has 0 aromatic heterocycles. The van der Waals surface area contributed by atoms with Gasteiger partial charge in [-0.15, -0.1) is 0 Å². The molecule has 0 amide bonds. The summed E-state index contributed by atoms with van der Waals surface area (Å²) in [5, 5.41) is 5.01. The third kappa shape index (κ3) is 1.63. The Kier molecular flexibility index (Phi) is 2.49. The minimum absolute atomic E-state index is 1.15. The predicted molar refractivity (Wildman–Crippen MR) is 81.6 cm³/mol. The van der Waals surface area contributed by atoms with E-state index in [2.05, 4.69) is 61.7 Å². The quantitative estimate of drug-likeness (QED) is 0.525. The molecule has 0 heterocycles. The molecule has 0 fully saturated rings. The molecule has 3 rings (SSSR count). The summed E-state index contributed by atoms with van der Waals surface area (Å²) in [4.78, 5) is 0. The Hall–Kier alpha value is -2.34. The Morgan fingerprint density at radius 1 is 0.722 bits per heavy atom. The van der Waals surface area contributed by atoms with Gasteiger partial charge in [0.15, 0.2) is 0 Å². The summed E-state index contributed by atoms with van der Waals surface area (Å²) in [6.45, 7) is 7.70. The highest BCUT2D eigenvalue weighted by molar-refractivity contribution is 6.02. The van der Waals surface area contributed by atoms with Gasteiger partial charge in [0.1, 0.15) is 0 Å². The number of hydrogen-bond donors (Lipinski definition) is 0. The Morgan fingerprint density at radius 2 is 1.61 bits per heavy atom. The van der Waals surface area contributed by atoms with Crippen LogP contribution in [0.25, 0.3) is 33.7 Å². The van der Waals surface area contributed by atoms with E-state index >= 15 is 0 Å². The fourth-order valence-corrected chi connectivity index (χ4v) is 2.37. The number of rotatable bonds is 2. The van der Waals surface area contributed by atoms with Crippen molar-refractivity contribution in [2.45, 2.75) is 0 Å². The van der Waals surface area contributed by atoms with Crippen molar-refractivity contribution in [2.75, 3.05) is 0 Å². The van der Waals surface area contributed by atoms with E-state index in [1.54, 1.807) is 0 Å². The molecule has 0 spiro atoms. The van der Waals surface area contributed by atoms with Gasteiger partial charge in [0.2, 0.25) is 0 Å². The molecule has 0 saturated carbocycles. The summed E-state index contributed by atoms with van der Waals surface area (Å²) in [7, 11) is 0. The van der Waals surface area contributed by atoms with Gasteiger partial charge in [-0.25, -0.2) is 0 Å². The van der Waals surface area contributed by atoms with E-state index in [9.17, 15) is 0 Å². The Balaban J connectivity index is 2.43. The lowest BCUT2D eigenvalue weighted by atomic mass is 9.98. The lowest BCUT2D eigenvalue weighted by Gasteiger charge is -2.06. The average Bonchev–Trinajstić information content (AvgIpc) is 2.43. The Bertz CT molecular complexity index is 763. The average molecular weight is 230 g/mol. The van der Waals surface area contributed by atoms with E-state index < -0.39 is 0 Å². The molecule has 0 aliphatic rings. The first-order valence-corrected chi connectivity index (χ1v) is 6.03. The second-order valence-corrected chi connectivity index (χ2v) is 4.44. The summed E-state index contributed by atoms with van der Waals surface area (Å²) in [5.41, 5.74) is 2.33. The molecular weight excluding hydrogens is 216 g/mol. The maximum absolute atomic E-state index is 3.88. The molecule has 0 radical (unpaired) electrons. The molecule has 0 saturated heterocycles. The van der Waals surface area contributed by atoms with E-state index in [1.807, 2.05) is 12.2 Å². The highest BCUT2D eigenvalue weighted by atomic mass is 14.1. The van der Waals surface area contributed by atoms with Crippen LogP contribution < -0.4 is 0 Å². The highest BCUT2D eigenvalue weighted by Gasteiger charge is 2.01. The van der Waals surface area contributed by atoms with Crippen LogP contribution >= 0.6 is 0 Å². The van der Waals surface area contributed by atoms with E-state index in [0.29, 0.717) is 0 Å². The molecule has 0 atom stereocenters. The molecule has 86 valence electrons.